The molecule has 0 saturated carbocycles. The first-order valence-corrected chi connectivity index (χ1v) is 5.32. The highest BCUT2D eigenvalue weighted by atomic mass is 13.9. The zero-order valence-corrected chi connectivity index (χ0v) is 8.28. The number of hydrogen-bond acceptors (Lipinski definition) is 0. The van der Waals surface area contributed by atoms with Crippen LogP contribution in [0.25, 0.3) is 0 Å². The van der Waals surface area contributed by atoms with Crippen LogP contribution in [0, 0.1) is 6.42 Å². The van der Waals surface area contributed by atoms with Crippen molar-refractivity contribution in [2.75, 3.05) is 0 Å². The van der Waals surface area contributed by atoms with Gasteiger partial charge in [0.25, 0.3) is 0 Å². The summed E-state index contributed by atoms with van der Waals surface area (Å²) in [6, 6.07) is 0. The maximum absolute atomic E-state index is 2.26. The van der Waals surface area contributed by atoms with Crippen LogP contribution in [0.5, 0.6) is 0 Å². The lowest BCUT2D eigenvalue weighted by Crippen LogP contribution is -1.76. The van der Waals surface area contributed by atoms with Crippen LogP contribution in [0.15, 0.2) is 36.5 Å². The van der Waals surface area contributed by atoms with E-state index in [0.29, 0.717) is 0 Å². The third-order valence-electron chi connectivity index (χ3n) is 2.21. The molecule has 1 rings (SSSR count). The molecule has 0 unspecified atom stereocenters. The van der Waals surface area contributed by atoms with Crippen molar-refractivity contribution in [2.24, 2.45) is 0 Å². The maximum atomic E-state index is 2.26. The van der Waals surface area contributed by atoms with Crippen LogP contribution in [0.2, 0.25) is 0 Å². The molecule has 0 amide bonds. The number of allylic oxidation sites excluding steroid dienone is 6. The normalized spacial score (nSPS) is 27.7. The Bertz CT molecular complexity index is 184. The van der Waals surface area contributed by atoms with Crippen molar-refractivity contribution in [2.45, 2.75) is 38.5 Å². The van der Waals surface area contributed by atoms with Gasteiger partial charge >= 0.3 is 0 Å². The zero-order valence-electron chi connectivity index (χ0n) is 8.28. The molecule has 1 aliphatic rings. The highest BCUT2D eigenvalue weighted by molar-refractivity contribution is 5.13. The molecular weight excluding hydrogens is 156 g/mol. The highest BCUT2D eigenvalue weighted by Crippen LogP contribution is 2.07. The van der Waals surface area contributed by atoms with Gasteiger partial charge in [-0.15, -0.1) is 0 Å². The average molecular weight is 175 g/mol. The molecule has 0 aliphatic heterocycles. The molecule has 0 nitrogen and oxygen atoms in total. The van der Waals surface area contributed by atoms with Crippen molar-refractivity contribution in [1.82, 2.24) is 0 Å². The Morgan fingerprint density at radius 1 is 0.538 bits per heavy atom. The number of hydrogen-bond donors (Lipinski definition) is 0. The van der Waals surface area contributed by atoms with Crippen molar-refractivity contribution in [3.05, 3.63) is 42.9 Å². The highest BCUT2D eigenvalue weighted by Gasteiger charge is 1.87. The van der Waals surface area contributed by atoms with E-state index < -0.39 is 0 Å². The summed E-state index contributed by atoms with van der Waals surface area (Å²) in [7, 11) is 0. The van der Waals surface area contributed by atoms with Crippen molar-refractivity contribution in [3.63, 3.8) is 0 Å². The van der Waals surface area contributed by atoms with Gasteiger partial charge in [0.15, 0.2) is 0 Å². The van der Waals surface area contributed by atoms with Crippen molar-refractivity contribution in [1.29, 1.82) is 0 Å². The van der Waals surface area contributed by atoms with Crippen LogP contribution in [0.1, 0.15) is 38.5 Å². The van der Waals surface area contributed by atoms with Crippen molar-refractivity contribution >= 4 is 0 Å². The lowest BCUT2D eigenvalue weighted by atomic mass is 10.1. The summed E-state index contributed by atoms with van der Waals surface area (Å²) in [6.45, 7) is 0. The van der Waals surface area contributed by atoms with Gasteiger partial charge in [0.05, 0.1) is 0 Å². The van der Waals surface area contributed by atoms with Crippen LogP contribution < -0.4 is 0 Å². The molecule has 0 aromatic rings. The molecule has 0 heterocycles. The van der Waals surface area contributed by atoms with E-state index in [-0.39, 0.29) is 0 Å². The first kappa shape index (κ1) is 10.3. The Balaban J connectivity index is 2.29. The summed E-state index contributed by atoms with van der Waals surface area (Å²) in [4.78, 5) is 0. The minimum absolute atomic E-state index is 1.23. The Labute approximate surface area is 82.0 Å². The van der Waals surface area contributed by atoms with Gasteiger partial charge in [-0.1, -0.05) is 49.3 Å². The van der Waals surface area contributed by atoms with E-state index in [1.54, 1.807) is 0 Å². The molecule has 13 heavy (non-hydrogen) atoms. The van der Waals surface area contributed by atoms with Gasteiger partial charge in [-0.05, 0) is 25.7 Å². The molecule has 0 aromatic carbocycles. The average Bonchev–Trinajstić information content (AvgIpc) is 2.18. The number of rotatable bonds is 0. The van der Waals surface area contributed by atoms with E-state index in [1.807, 2.05) is 0 Å². The Morgan fingerprint density at radius 2 is 1.23 bits per heavy atom. The van der Waals surface area contributed by atoms with Crippen LogP contribution in [0.3, 0.4) is 0 Å². The Hall–Kier alpha value is -0.780. The molecule has 1 radical (unpaired) electrons. The largest absolute Gasteiger partial charge is 0.0879 e. The van der Waals surface area contributed by atoms with Crippen LogP contribution in [0.4, 0.5) is 0 Å². The molecule has 0 aromatic heterocycles. The zero-order chi connectivity index (χ0) is 9.19. The minimum Gasteiger partial charge on any atom is -0.0879 e. The monoisotopic (exact) mass is 175 g/mol. The minimum atomic E-state index is 1.23. The summed E-state index contributed by atoms with van der Waals surface area (Å²) in [5, 5.41) is 0. The van der Waals surface area contributed by atoms with Crippen LogP contribution >= 0.6 is 0 Å². The molecule has 0 N–H and O–H groups in total. The molecule has 0 heteroatoms. The van der Waals surface area contributed by atoms with E-state index in [1.165, 1.54) is 38.5 Å². The van der Waals surface area contributed by atoms with Gasteiger partial charge < -0.3 is 0 Å². The standard InChI is InChI=1S/C13H19/c1-2-4-6-8-10-12-13-11-9-7-5-3-1/h1-7H,8-13H2/b2-1+,6-4-,7-5+. The van der Waals surface area contributed by atoms with Gasteiger partial charge in [0, 0.05) is 6.42 Å². The Kier molecular flexibility index (Phi) is 6.22. The molecule has 71 valence electrons. The fourth-order valence-electron chi connectivity index (χ4n) is 1.42. The molecule has 1 aliphatic carbocycles. The second-order valence-corrected chi connectivity index (χ2v) is 3.43. The van der Waals surface area contributed by atoms with E-state index in [0.717, 1.165) is 0 Å². The lowest BCUT2D eigenvalue weighted by molar-refractivity contribution is 0.652. The topological polar surface area (TPSA) is 0 Å². The summed E-state index contributed by atoms with van der Waals surface area (Å²) >= 11 is 0. The second kappa shape index (κ2) is 7.85. The third-order valence-corrected chi connectivity index (χ3v) is 2.21. The van der Waals surface area contributed by atoms with E-state index in [4.69, 9.17) is 0 Å². The quantitative estimate of drug-likeness (QED) is 0.517. The van der Waals surface area contributed by atoms with Gasteiger partial charge in [-0.3, -0.25) is 0 Å². The van der Waals surface area contributed by atoms with Gasteiger partial charge in [-0.2, -0.15) is 0 Å². The van der Waals surface area contributed by atoms with Crippen LogP contribution in [-0.4, -0.2) is 0 Å². The van der Waals surface area contributed by atoms with Crippen molar-refractivity contribution in [3.8, 4) is 0 Å². The molecule has 0 spiro atoms. The molecule has 0 bridgehead atoms. The fourth-order valence-corrected chi connectivity index (χ4v) is 1.42. The third kappa shape index (κ3) is 6.39. The second-order valence-electron chi connectivity index (χ2n) is 3.43. The molecule has 0 saturated heterocycles. The first-order chi connectivity index (χ1) is 6.50. The first-order valence-electron chi connectivity index (χ1n) is 5.32. The summed E-state index contributed by atoms with van der Waals surface area (Å²) in [5.74, 6) is 0. The Morgan fingerprint density at radius 3 is 2.00 bits per heavy atom. The molecular formula is C13H19. The van der Waals surface area contributed by atoms with E-state index >= 15 is 0 Å². The van der Waals surface area contributed by atoms with Gasteiger partial charge in [-0.25, -0.2) is 0 Å². The summed E-state index contributed by atoms with van der Waals surface area (Å²) in [5.41, 5.74) is 0. The van der Waals surface area contributed by atoms with Crippen molar-refractivity contribution < 1.29 is 0 Å². The molecule has 0 fully saturated rings. The molecule has 0 atom stereocenters. The van der Waals surface area contributed by atoms with E-state index in [9.17, 15) is 0 Å². The van der Waals surface area contributed by atoms with Gasteiger partial charge in [0.2, 0.25) is 0 Å². The predicted octanol–water partition coefficient (Wildman–Crippen LogP) is 4.21. The SMILES string of the molecule is [CH]1/C=C/C=C\CCCCCC/C=C/1. The van der Waals surface area contributed by atoms with E-state index in [2.05, 4.69) is 42.9 Å². The summed E-state index contributed by atoms with van der Waals surface area (Å²) < 4.78 is 0. The summed E-state index contributed by atoms with van der Waals surface area (Å²) in [6.07, 6.45) is 23.0. The fraction of sp³-hybridized carbons (Fsp3) is 0.462. The smallest absolute Gasteiger partial charge is 0.00473 e. The van der Waals surface area contributed by atoms with Crippen LogP contribution in [-0.2, 0) is 0 Å². The van der Waals surface area contributed by atoms with Gasteiger partial charge in [0.1, 0.15) is 0 Å². The lowest BCUT2D eigenvalue weighted by Gasteiger charge is -1.95. The predicted molar refractivity (Wildman–Crippen MR) is 59.4 cm³/mol. The maximum Gasteiger partial charge on any atom is 0.00473 e.